The summed E-state index contributed by atoms with van der Waals surface area (Å²) in [4.78, 5) is 25.6. The summed E-state index contributed by atoms with van der Waals surface area (Å²) >= 11 is 0. The lowest BCUT2D eigenvalue weighted by Crippen LogP contribution is -2.43. The third-order valence-corrected chi connectivity index (χ3v) is 4.89. The SMILES string of the molecule is Cc1nn(-c2ccccc2)c(C)c1CC(=O)N1CCC[C@H](C(=O)O)C1. The quantitative estimate of drug-likeness (QED) is 0.926. The number of nitrogens with zero attached hydrogens (tertiary/aromatic N) is 3. The zero-order chi connectivity index (χ0) is 18.0. The minimum absolute atomic E-state index is 0.0234. The number of carboxylic acid groups (broad SMARTS) is 1. The largest absolute Gasteiger partial charge is 0.481 e. The number of hydrogen-bond acceptors (Lipinski definition) is 3. The fourth-order valence-electron chi connectivity index (χ4n) is 3.42. The van der Waals surface area contributed by atoms with Gasteiger partial charge in [0.05, 0.1) is 23.7 Å². The number of likely N-dealkylation sites (tertiary alicyclic amines) is 1. The molecule has 0 bridgehead atoms. The minimum Gasteiger partial charge on any atom is -0.481 e. The molecule has 1 aromatic carbocycles. The van der Waals surface area contributed by atoms with Gasteiger partial charge in [0, 0.05) is 24.3 Å². The molecule has 1 aliphatic heterocycles. The van der Waals surface area contributed by atoms with Crippen LogP contribution in [-0.2, 0) is 16.0 Å². The summed E-state index contributed by atoms with van der Waals surface area (Å²) in [7, 11) is 0. The van der Waals surface area contributed by atoms with Gasteiger partial charge in [0.25, 0.3) is 0 Å². The van der Waals surface area contributed by atoms with Gasteiger partial charge in [-0.1, -0.05) is 18.2 Å². The van der Waals surface area contributed by atoms with Crippen LogP contribution in [0.25, 0.3) is 5.69 Å². The average Bonchev–Trinajstić information content (AvgIpc) is 2.90. The third-order valence-electron chi connectivity index (χ3n) is 4.89. The van der Waals surface area contributed by atoms with Gasteiger partial charge in [-0.2, -0.15) is 5.10 Å². The summed E-state index contributed by atoms with van der Waals surface area (Å²) in [6, 6.07) is 9.82. The van der Waals surface area contributed by atoms with Gasteiger partial charge in [-0.3, -0.25) is 9.59 Å². The monoisotopic (exact) mass is 341 g/mol. The predicted molar refractivity (Wildman–Crippen MR) is 93.7 cm³/mol. The average molecular weight is 341 g/mol. The number of benzene rings is 1. The summed E-state index contributed by atoms with van der Waals surface area (Å²) in [5.74, 6) is -1.29. The summed E-state index contributed by atoms with van der Waals surface area (Å²) in [6.07, 6.45) is 1.64. The summed E-state index contributed by atoms with van der Waals surface area (Å²) in [5.41, 5.74) is 3.67. The lowest BCUT2D eigenvalue weighted by molar-refractivity contribution is -0.145. The molecule has 3 rings (SSSR count). The second-order valence-corrected chi connectivity index (χ2v) is 6.59. The molecule has 2 heterocycles. The van der Waals surface area contributed by atoms with E-state index in [0.29, 0.717) is 19.5 Å². The number of carboxylic acids is 1. The van der Waals surface area contributed by atoms with E-state index in [0.717, 1.165) is 29.1 Å². The highest BCUT2D eigenvalue weighted by Gasteiger charge is 2.29. The Morgan fingerprint density at radius 1 is 1.24 bits per heavy atom. The Kier molecular flexibility index (Phi) is 4.88. The van der Waals surface area contributed by atoms with Crippen LogP contribution in [0.2, 0.25) is 0 Å². The minimum atomic E-state index is -0.818. The maximum atomic E-state index is 12.7. The fourth-order valence-corrected chi connectivity index (χ4v) is 3.42. The maximum Gasteiger partial charge on any atom is 0.308 e. The smallest absolute Gasteiger partial charge is 0.308 e. The zero-order valence-corrected chi connectivity index (χ0v) is 14.6. The lowest BCUT2D eigenvalue weighted by atomic mass is 9.97. The van der Waals surface area contributed by atoms with Crippen molar-refractivity contribution in [2.24, 2.45) is 5.92 Å². The normalized spacial score (nSPS) is 17.5. The number of carbonyl (C=O) groups is 2. The molecule has 0 saturated carbocycles. The Bertz CT molecular complexity index is 783. The van der Waals surface area contributed by atoms with E-state index in [1.54, 1.807) is 4.90 Å². The molecule has 1 atom stereocenters. The van der Waals surface area contributed by atoms with Crippen LogP contribution in [0.15, 0.2) is 30.3 Å². The number of aryl methyl sites for hydroxylation is 1. The first-order valence-corrected chi connectivity index (χ1v) is 8.58. The first kappa shape index (κ1) is 17.2. The molecule has 6 nitrogen and oxygen atoms in total. The van der Waals surface area contributed by atoms with E-state index < -0.39 is 11.9 Å². The number of para-hydroxylation sites is 1. The molecule has 0 spiro atoms. The van der Waals surface area contributed by atoms with Crippen molar-refractivity contribution in [1.29, 1.82) is 0 Å². The predicted octanol–water partition coefficient (Wildman–Crippen LogP) is 2.35. The fraction of sp³-hybridized carbons (Fsp3) is 0.421. The van der Waals surface area contributed by atoms with Crippen LogP contribution in [0.1, 0.15) is 29.8 Å². The Labute approximate surface area is 147 Å². The van der Waals surface area contributed by atoms with Crippen molar-refractivity contribution >= 4 is 11.9 Å². The van der Waals surface area contributed by atoms with Crippen LogP contribution in [0.5, 0.6) is 0 Å². The number of aliphatic carboxylic acids is 1. The molecule has 1 N–H and O–H groups in total. The topological polar surface area (TPSA) is 75.4 Å². The number of rotatable bonds is 4. The summed E-state index contributed by atoms with van der Waals surface area (Å²) < 4.78 is 1.86. The molecule has 1 saturated heterocycles. The first-order chi connectivity index (χ1) is 12.0. The second kappa shape index (κ2) is 7.09. The molecular weight excluding hydrogens is 318 g/mol. The summed E-state index contributed by atoms with van der Waals surface area (Å²) in [6.45, 7) is 4.81. The van der Waals surface area contributed by atoms with E-state index in [1.165, 1.54) is 0 Å². The number of hydrogen-bond donors (Lipinski definition) is 1. The molecule has 0 aliphatic carbocycles. The zero-order valence-electron chi connectivity index (χ0n) is 14.6. The molecular formula is C19H23N3O3. The molecule has 6 heteroatoms. The highest BCUT2D eigenvalue weighted by molar-refractivity contribution is 5.80. The Morgan fingerprint density at radius 2 is 1.96 bits per heavy atom. The number of carbonyl (C=O) groups excluding carboxylic acids is 1. The van der Waals surface area contributed by atoms with Crippen LogP contribution in [0, 0.1) is 19.8 Å². The van der Waals surface area contributed by atoms with Gasteiger partial charge in [0.1, 0.15) is 0 Å². The van der Waals surface area contributed by atoms with E-state index in [9.17, 15) is 14.7 Å². The molecule has 25 heavy (non-hydrogen) atoms. The lowest BCUT2D eigenvalue weighted by Gasteiger charge is -2.30. The maximum absolute atomic E-state index is 12.7. The number of aromatic nitrogens is 2. The van der Waals surface area contributed by atoms with Crippen molar-refractivity contribution in [2.45, 2.75) is 33.1 Å². The van der Waals surface area contributed by atoms with Crippen LogP contribution < -0.4 is 0 Å². The van der Waals surface area contributed by atoms with Crippen molar-refractivity contribution in [3.63, 3.8) is 0 Å². The van der Waals surface area contributed by atoms with Crippen molar-refractivity contribution in [3.05, 3.63) is 47.3 Å². The third kappa shape index (κ3) is 3.57. The van der Waals surface area contributed by atoms with Gasteiger partial charge >= 0.3 is 5.97 Å². The van der Waals surface area contributed by atoms with E-state index in [2.05, 4.69) is 5.10 Å². The molecule has 1 fully saturated rings. The van der Waals surface area contributed by atoms with Gasteiger partial charge in [-0.25, -0.2) is 4.68 Å². The molecule has 2 aromatic rings. The Morgan fingerprint density at radius 3 is 2.64 bits per heavy atom. The van der Waals surface area contributed by atoms with Crippen LogP contribution in [-0.4, -0.2) is 44.8 Å². The van der Waals surface area contributed by atoms with Crippen molar-refractivity contribution in [3.8, 4) is 5.69 Å². The number of piperidine rings is 1. The van der Waals surface area contributed by atoms with Crippen LogP contribution >= 0.6 is 0 Å². The first-order valence-electron chi connectivity index (χ1n) is 8.58. The molecule has 0 unspecified atom stereocenters. The van der Waals surface area contributed by atoms with Gasteiger partial charge in [0.15, 0.2) is 0 Å². The Balaban J connectivity index is 1.78. The molecule has 1 aromatic heterocycles. The van der Waals surface area contributed by atoms with E-state index in [-0.39, 0.29) is 12.3 Å². The van der Waals surface area contributed by atoms with Crippen molar-refractivity contribution < 1.29 is 14.7 Å². The molecule has 132 valence electrons. The van der Waals surface area contributed by atoms with Crippen LogP contribution in [0.3, 0.4) is 0 Å². The standard InChI is InChI=1S/C19H23N3O3/c1-13-17(14(2)22(20-13)16-8-4-3-5-9-16)11-18(23)21-10-6-7-15(12-21)19(24)25/h3-5,8-9,15H,6-7,10-12H2,1-2H3,(H,24,25)/t15-/m0/s1. The van der Waals surface area contributed by atoms with Gasteiger partial charge in [-0.15, -0.1) is 0 Å². The van der Waals surface area contributed by atoms with Gasteiger partial charge < -0.3 is 10.0 Å². The van der Waals surface area contributed by atoms with E-state index in [4.69, 9.17) is 0 Å². The number of amides is 1. The van der Waals surface area contributed by atoms with Gasteiger partial charge in [0.2, 0.25) is 5.91 Å². The van der Waals surface area contributed by atoms with E-state index >= 15 is 0 Å². The summed E-state index contributed by atoms with van der Waals surface area (Å²) in [5, 5.41) is 13.8. The van der Waals surface area contributed by atoms with E-state index in [1.807, 2.05) is 48.9 Å². The Hall–Kier alpha value is -2.63. The highest BCUT2D eigenvalue weighted by atomic mass is 16.4. The molecule has 0 radical (unpaired) electrons. The van der Waals surface area contributed by atoms with Crippen molar-refractivity contribution in [2.75, 3.05) is 13.1 Å². The molecule has 1 aliphatic rings. The molecule has 1 amide bonds. The van der Waals surface area contributed by atoms with Crippen LogP contribution in [0.4, 0.5) is 0 Å². The van der Waals surface area contributed by atoms with Gasteiger partial charge in [-0.05, 0) is 38.8 Å². The second-order valence-electron chi connectivity index (χ2n) is 6.59. The van der Waals surface area contributed by atoms with Crippen molar-refractivity contribution in [1.82, 2.24) is 14.7 Å². The highest BCUT2D eigenvalue weighted by Crippen LogP contribution is 2.21.